The smallest absolute Gasteiger partial charge is 0.338 e. The van der Waals surface area contributed by atoms with Crippen molar-refractivity contribution in [3.05, 3.63) is 35.9 Å². The molecule has 4 saturated carbocycles. The van der Waals surface area contributed by atoms with Crippen molar-refractivity contribution in [2.45, 2.75) is 189 Å². The van der Waals surface area contributed by atoms with E-state index in [4.69, 9.17) is 42.6 Å². The zero-order chi connectivity index (χ0) is 49.0. The van der Waals surface area contributed by atoms with Crippen LogP contribution in [0.15, 0.2) is 30.3 Å². The van der Waals surface area contributed by atoms with Crippen LogP contribution in [0.3, 0.4) is 0 Å². The molecule has 0 unspecified atom stereocenters. The van der Waals surface area contributed by atoms with E-state index >= 15 is 0 Å². The summed E-state index contributed by atoms with van der Waals surface area (Å²) in [6.45, 7) is 5.85. The van der Waals surface area contributed by atoms with Crippen LogP contribution in [0.2, 0.25) is 0 Å². The Hall–Kier alpha value is -2.48. The third-order valence-corrected chi connectivity index (χ3v) is 17.4. The minimum atomic E-state index is -1.82. The minimum Gasteiger partial charge on any atom is -0.463 e. The second kappa shape index (κ2) is 20.6. The molecule has 68 heavy (non-hydrogen) atoms. The Morgan fingerprint density at radius 3 is 2.10 bits per heavy atom. The SMILES string of the molecule is CO[C@H]1[C@@H](O)[C@H](O[C@H]2CC[C@@]3(C)[C@@H](CC[C@@H]4[C@@H]3C[C@@H](OC(=O)c3ccccc3)[C@]3(C)[C@@H]([C@H](C)OC(C)=O)CC[C@]43O)C2)OC[C@H]1O[C@@H]1O[C@H](CO)[C@@H](O[C@@H]2O[C@H](CO)[C@@H](O)[C@H](O)[C@H]2O)[C@H](O)[C@H]1O. The number of rotatable bonds is 13. The lowest BCUT2D eigenvalue weighted by molar-refractivity contribution is -0.374. The summed E-state index contributed by atoms with van der Waals surface area (Å²) in [6, 6.07) is 8.82. The first-order chi connectivity index (χ1) is 32.3. The number of aliphatic hydroxyl groups is 9. The van der Waals surface area contributed by atoms with Crippen molar-refractivity contribution in [3.63, 3.8) is 0 Å². The summed E-state index contributed by atoms with van der Waals surface area (Å²) >= 11 is 0. The van der Waals surface area contributed by atoms with E-state index in [1.807, 2.05) is 19.9 Å². The van der Waals surface area contributed by atoms with E-state index in [2.05, 4.69) is 6.92 Å². The van der Waals surface area contributed by atoms with Crippen LogP contribution in [0.25, 0.3) is 0 Å². The fraction of sp³-hybridized carbons (Fsp3) is 0.833. The maximum absolute atomic E-state index is 13.8. The van der Waals surface area contributed by atoms with Crippen molar-refractivity contribution in [2.75, 3.05) is 26.9 Å². The van der Waals surface area contributed by atoms with Gasteiger partial charge in [-0.2, -0.15) is 0 Å². The molecule has 0 spiro atoms. The molecule has 20 nitrogen and oxygen atoms in total. The van der Waals surface area contributed by atoms with Crippen LogP contribution in [0.5, 0.6) is 0 Å². The van der Waals surface area contributed by atoms with Gasteiger partial charge in [-0.3, -0.25) is 4.79 Å². The lowest BCUT2D eigenvalue weighted by atomic mass is 9.42. The molecule has 1 aromatic carbocycles. The van der Waals surface area contributed by atoms with E-state index in [9.17, 15) is 55.5 Å². The molecule has 9 N–H and O–H groups in total. The summed E-state index contributed by atoms with van der Waals surface area (Å²) in [4.78, 5) is 26.0. The van der Waals surface area contributed by atoms with E-state index in [-0.39, 0.29) is 41.8 Å². The van der Waals surface area contributed by atoms with Gasteiger partial charge in [0.05, 0.1) is 37.1 Å². The first kappa shape index (κ1) is 51.9. The van der Waals surface area contributed by atoms with Crippen molar-refractivity contribution in [1.82, 2.24) is 0 Å². The fourth-order valence-electron chi connectivity index (χ4n) is 13.7. The summed E-state index contributed by atoms with van der Waals surface area (Å²) in [5.41, 5.74) is -1.92. The van der Waals surface area contributed by atoms with Crippen molar-refractivity contribution < 1.29 is 98.2 Å². The summed E-state index contributed by atoms with van der Waals surface area (Å²) < 4.78 is 53.4. The second-order valence-electron chi connectivity index (χ2n) is 20.8. The molecule has 7 fully saturated rings. The van der Waals surface area contributed by atoms with Gasteiger partial charge >= 0.3 is 11.9 Å². The summed E-state index contributed by atoms with van der Waals surface area (Å²) in [5.74, 6) is -1.03. The number of hydrogen-bond donors (Lipinski definition) is 9. The Morgan fingerprint density at radius 1 is 0.750 bits per heavy atom. The monoisotopic (exact) mass is 968 g/mol. The van der Waals surface area contributed by atoms with Gasteiger partial charge in [0, 0.05) is 25.4 Å². The predicted molar refractivity (Wildman–Crippen MR) is 232 cm³/mol. The molecule has 3 heterocycles. The average molecular weight is 969 g/mol. The van der Waals surface area contributed by atoms with Gasteiger partial charge in [-0.15, -0.1) is 0 Å². The fourth-order valence-corrected chi connectivity index (χ4v) is 13.7. The van der Waals surface area contributed by atoms with Gasteiger partial charge in [-0.05, 0) is 93.6 Å². The molecular formula is C48H72O20. The molecule has 8 rings (SSSR count). The maximum atomic E-state index is 13.8. The van der Waals surface area contributed by atoms with Crippen molar-refractivity contribution in [3.8, 4) is 0 Å². The lowest BCUT2D eigenvalue weighted by Gasteiger charge is -2.65. The zero-order valence-corrected chi connectivity index (χ0v) is 39.3. The van der Waals surface area contributed by atoms with Gasteiger partial charge < -0.3 is 88.6 Å². The molecule has 384 valence electrons. The Morgan fingerprint density at radius 2 is 1.43 bits per heavy atom. The van der Waals surface area contributed by atoms with Gasteiger partial charge in [-0.25, -0.2) is 4.79 Å². The molecule has 0 bridgehead atoms. The van der Waals surface area contributed by atoms with Crippen LogP contribution in [0.4, 0.5) is 0 Å². The Kier molecular flexibility index (Phi) is 15.7. The van der Waals surface area contributed by atoms with E-state index in [0.29, 0.717) is 37.7 Å². The van der Waals surface area contributed by atoms with E-state index in [0.717, 1.165) is 19.3 Å². The Labute approximate surface area is 395 Å². The van der Waals surface area contributed by atoms with Crippen LogP contribution in [-0.2, 0) is 47.4 Å². The van der Waals surface area contributed by atoms with Gasteiger partial charge in [0.15, 0.2) is 18.9 Å². The average Bonchev–Trinajstić information content (AvgIpc) is 3.61. The minimum absolute atomic E-state index is 0.000181. The van der Waals surface area contributed by atoms with E-state index in [1.54, 1.807) is 24.3 Å². The predicted octanol–water partition coefficient (Wildman–Crippen LogP) is -0.326. The molecule has 7 aliphatic rings. The van der Waals surface area contributed by atoms with Crippen LogP contribution in [0, 0.1) is 34.5 Å². The number of fused-ring (bicyclic) bond motifs is 5. The lowest BCUT2D eigenvalue weighted by Crippen LogP contribution is -2.68. The van der Waals surface area contributed by atoms with Crippen molar-refractivity contribution >= 4 is 11.9 Å². The van der Waals surface area contributed by atoms with Crippen LogP contribution in [-0.4, -0.2) is 195 Å². The van der Waals surface area contributed by atoms with Crippen LogP contribution < -0.4 is 0 Å². The molecule has 0 radical (unpaired) electrons. The molecule has 24 atom stereocenters. The number of methoxy groups -OCH3 is 1. The topological polar surface area (TPSA) is 299 Å². The maximum Gasteiger partial charge on any atom is 0.338 e. The highest BCUT2D eigenvalue weighted by molar-refractivity contribution is 5.89. The number of ether oxygens (including phenoxy) is 9. The third kappa shape index (κ3) is 9.17. The number of carbonyl (C=O) groups is 2. The highest BCUT2D eigenvalue weighted by Crippen LogP contribution is 2.70. The normalized spacial score (nSPS) is 48.6. The van der Waals surface area contributed by atoms with Gasteiger partial charge in [0.1, 0.15) is 79.4 Å². The molecular weight excluding hydrogens is 897 g/mol. The summed E-state index contributed by atoms with van der Waals surface area (Å²) in [6.07, 6.45) is -17.3. The van der Waals surface area contributed by atoms with Gasteiger partial charge in [0.2, 0.25) is 0 Å². The summed E-state index contributed by atoms with van der Waals surface area (Å²) in [7, 11) is 1.36. The first-order valence-corrected chi connectivity index (χ1v) is 24.2. The Bertz CT molecular complexity index is 1870. The van der Waals surface area contributed by atoms with Crippen molar-refractivity contribution in [1.29, 1.82) is 0 Å². The molecule has 20 heteroatoms. The van der Waals surface area contributed by atoms with Crippen LogP contribution >= 0.6 is 0 Å². The second-order valence-corrected chi connectivity index (χ2v) is 20.8. The molecule has 4 aliphatic carbocycles. The highest BCUT2D eigenvalue weighted by atomic mass is 16.8. The molecule has 3 saturated heterocycles. The van der Waals surface area contributed by atoms with E-state index in [1.165, 1.54) is 14.0 Å². The number of esters is 2. The summed E-state index contributed by atoms with van der Waals surface area (Å²) in [5, 5.41) is 97.6. The van der Waals surface area contributed by atoms with E-state index < -0.39 is 134 Å². The standard InChI is InChI=1S/C48H72O20/c1-22(62-23(2)51)27-14-16-48(59)28-12-11-25-17-26(13-15-46(25,3)29(28)18-33(47(27,48)4)67-42(58)24-9-7-6-8-10-24)63-43-39(57)40(60-5)32(21-61-43)66-44-38(56)36(54)41(31(20-50)65-44)68-45-37(55)35(53)34(52)30(19-49)64-45/h6-10,22,25-41,43-45,49-50,52-57,59H,11-21H2,1-5H3/t22-,25-,26-,27+,28+,29-,30+,31+,32+,33+,34+,35-,36+,37+,38+,39+,40+,41+,43-,44-,45-,46-,47-,48-/m0/s1. The van der Waals surface area contributed by atoms with Crippen LogP contribution in [0.1, 0.15) is 89.4 Å². The van der Waals surface area contributed by atoms with Gasteiger partial charge in [-0.1, -0.05) is 32.0 Å². The molecule has 0 aromatic heterocycles. The van der Waals surface area contributed by atoms with Crippen molar-refractivity contribution in [2.24, 2.45) is 34.5 Å². The zero-order valence-electron chi connectivity index (χ0n) is 39.3. The molecule has 3 aliphatic heterocycles. The number of benzene rings is 1. The third-order valence-electron chi connectivity index (χ3n) is 17.4. The molecule has 1 aromatic rings. The molecule has 0 amide bonds. The number of aliphatic hydroxyl groups excluding tert-OH is 8. The quantitative estimate of drug-likeness (QED) is 0.0904. The Balaban J connectivity index is 0.912. The first-order valence-electron chi connectivity index (χ1n) is 24.2. The largest absolute Gasteiger partial charge is 0.463 e. The number of carbonyl (C=O) groups excluding carboxylic acids is 2. The van der Waals surface area contributed by atoms with Gasteiger partial charge in [0.25, 0.3) is 0 Å². The number of hydrogen-bond acceptors (Lipinski definition) is 20. The highest BCUT2D eigenvalue weighted by Gasteiger charge is 2.72.